The van der Waals surface area contributed by atoms with Crippen LogP contribution in [-0.2, 0) is 0 Å². The molecule has 0 bridgehead atoms. The molecule has 2 nitrogen and oxygen atoms in total. The number of nitrogens with one attached hydrogen (secondary N) is 1. The first-order valence-corrected chi connectivity index (χ1v) is 6.59. The molecular formula is C15H10ClNOS. The predicted molar refractivity (Wildman–Crippen MR) is 82.1 cm³/mol. The monoisotopic (exact) mass is 287 g/mol. The molecule has 0 amide bonds. The van der Waals surface area contributed by atoms with Crippen LogP contribution in [0.2, 0.25) is 5.02 Å². The van der Waals surface area contributed by atoms with Gasteiger partial charge in [-0.25, -0.2) is 0 Å². The Morgan fingerprint density at radius 3 is 2.53 bits per heavy atom. The summed E-state index contributed by atoms with van der Waals surface area (Å²) in [5.74, 6) is 0. The molecule has 3 rings (SSSR count). The van der Waals surface area contributed by atoms with E-state index in [1.54, 1.807) is 6.07 Å². The Hall–Kier alpha value is -1.71. The standard InChI is InChI=1S/C15H10ClNOS/c16-10-6-7-12-11(8-10)13(14(17-12)15(18)19)9-4-2-1-3-5-9/h1-8,17H,(H,18,19). The first-order valence-electron chi connectivity index (χ1n) is 5.77. The van der Waals surface area contributed by atoms with Crippen molar-refractivity contribution in [3.8, 4) is 11.1 Å². The highest BCUT2D eigenvalue weighted by molar-refractivity contribution is 7.97. The quantitative estimate of drug-likeness (QED) is 0.666. The van der Waals surface area contributed by atoms with Gasteiger partial charge in [0.15, 0.2) is 0 Å². The third-order valence-electron chi connectivity index (χ3n) is 3.04. The van der Waals surface area contributed by atoms with Gasteiger partial charge in [-0.1, -0.05) is 54.6 Å². The summed E-state index contributed by atoms with van der Waals surface area (Å²) in [6.45, 7) is 0. The van der Waals surface area contributed by atoms with E-state index >= 15 is 0 Å². The van der Waals surface area contributed by atoms with Gasteiger partial charge in [0, 0.05) is 21.5 Å². The summed E-state index contributed by atoms with van der Waals surface area (Å²) < 4.78 is 0. The third kappa shape index (κ3) is 2.15. The molecule has 0 aliphatic rings. The molecule has 2 aromatic carbocycles. The second-order valence-corrected chi connectivity index (χ2v) is 5.08. The first kappa shape index (κ1) is 12.3. The van der Waals surface area contributed by atoms with Crippen LogP contribution in [0.15, 0.2) is 48.5 Å². The van der Waals surface area contributed by atoms with Crippen molar-refractivity contribution in [2.75, 3.05) is 0 Å². The van der Waals surface area contributed by atoms with Crippen LogP contribution >= 0.6 is 24.2 Å². The first-order chi connectivity index (χ1) is 9.16. The van der Waals surface area contributed by atoms with Gasteiger partial charge in [-0.2, -0.15) is 0 Å². The molecule has 19 heavy (non-hydrogen) atoms. The number of H-pyrrole nitrogens is 1. The average molecular weight is 288 g/mol. The Morgan fingerprint density at radius 1 is 1.11 bits per heavy atom. The summed E-state index contributed by atoms with van der Waals surface area (Å²) in [7, 11) is 0. The maximum absolute atomic E-state index is 11.7. The van der Waals surface area contributed by atoms with Crippen LogP contribution in [0.1, 0.15) is 10.5 Å². The molecule has 0 aliphatic heterocycles. The maximum atomic E-state index is 11.7. The van der Waals surface area contributed by atoms with E-state index in [0.717, 1.165) is 22.0 Å². The Bertz CT molecular complexity index is 764. The van der Waals surface area contributed by atoms with E-state index < -0.39 is 0 Å². The molecular weight excluding hydrogens is 278 g/mol. The highest BCUT2D eigenvalue weighted by Gasteiger charge is 2.16. The van der Waals surface area contributed by atoms with Gasteiger partial charge in [-0.3, -0.25) is 4.79 Å². The largest absolute Gasteiger partial charge is 0.351 e. The van der Waals surface area contributed by atoms with Crippen molar-refractivity contribution < 1.29 is 4.79 Å². The number of hydrogen-bond donors (Lipinski definition) is 2. The Morgan fingerprint density at radius 2 is 1.84 bits per heavy atom. The number of rotatable bonds is 2. The zero-order chi connectivity index (χ0) is 13.4. The summed E-state index contributed by atoms with van der Waals surface area (Å²) in [6, 6.07) is 15.3. The minimum atomic E-state index is -0.286. The van der Waals surface area contributed by atoms with E-state index in [4.69, 9.17) is 11.6 Å². The lowest BCUT2D eigenvalue weighted by molar-refractivity contribution is 0.108. The fourth-order valence-electron chi connectivity index (χ4n) is 2.23. The molecule has 0 unspecified atom stereocenters. The minimum absolute atomic E-state index is 0.286. The SMILES string of the molecule is O=C(S)c1[nH]c2ccc(Cl)cc2c1-c1ccccc1. The minimum Gasteiger partial charge on any atom is -0.351 e. The number of hydrogen-bond acceptors (Lipinski definition) is 1. The second-order valence-electron chi connectivity index (χ2n) is 4.24. The van der Waals surface area contributed by atoms with Crippen molar-refractivity contribution in [1.82, 2.24) is 4.98 Å². The number of benzene rings is 2. The second kappa shape index (κ2) is 4.76. The number of aromatic amines is 1. The normalized spacial score (nSPS) is 10.8. The van der Waals surface area contributed by atoms with Crippen LogP contribution in [-0.4, -0.2) is 10.1 Å². The van der Waals surface area contributed by atoms with E-state index in [1.165, 1.54) is 0 Å². The van der Waals surface area contributed by atoms with Gasteiger partial charge in [0.1, 0.15) is 5.69 Å². The average Bonchev–Trinajstić information content (AvgIpc) is 2.78. The van der Waals surface area contributed by atoms with E-state index in [1.807, 2.05) is 42.5 Å². The van der Waals surface area contributed by atoms with Gasteiger partial charge in [-0.05, 0) is 23.8 Å². The molecule has 94 valence electrons. The number of carbonyl (C=O) groups excluding carboxylic acids is 1. The molecule has 0 saturated heterocycles. The van der Waals surface area contributed by atoms with Crippen LogP contribution in [0.5, 0.6) is 0 Å². The highest BCUT2D eigenvalue weighted by Crippen LogP contribution is 2.34. The molecule has 1 aromatic heterocycles. The number of carbonyl (C=O) groups is 1. The summed E-state index contributed by atoms with van der Waals surface area (Å²) in [5.41, 5.74) is 3.18. The molecule has 0 atom stereocenters. The van der Waals surface area contributed by atoms with Crippen molar-refractivity contribution in [3.63, 3.8) is 0 Å². The number of halogens is 1. The predicted octanol–water partition coefficient (Wildman–Crippen LogP) is 4.56. The van der Waals surface area contributed by atoms with Crippen LogP contribution in [0, 0.1) is 0 Å². The third-order valence-corrected chi connectivity index (χ3v) is 3.50. The summed E-state index contributed by atoms with van der Waals surface area (Å²) in [6.07, 6.45) is 0. The summed E-state index contributed by atoms with van der Waals surface area (Å²) in [4.78, 5) is 14.8. The molecule has 0 spiro atoms. The molecule has 0 aliphatic carbocycles. The van der Waals surface area contributed by atoms with Crippen molar-refractivity contribution in [3.05, 3.63) is 59.2 Å². The van der Waals surface area contributed by atoms with Gasteiger partial charge in [-0.15, -0.1) is 0 Å². The van der Waals surface area contributed by atoms with E-state index in [2.05, 4.69) is 17.6 Å². The van der Waals surface area contributed by atoms with Crippen LogP contribution in [0.3, 0.4) is 0 Å². The Kier molecular flexibility index (Phi) is 3.09. The van der Waals surface area contributed by atoms with Crippen LogP contribution in [0.4, 0.5) is 0 Å². The molecule has 0 saturated carbocycles. The number of thiol groups is 1. The number of fused-ring (bicyclic) bond motifs is 1. The summed E-state index contributed by atoms with van der Waals surface area (Å²) in [5, 5.41) is 1.28. The van der Waals surface area contributed by atoms with E-state index in [-0.39, 0.29) is 5.12 Å². The zero-order valence-corrected chi connectivity index (χ0v) is 11.5. The molecule has 0 fully saturated rings. The molecule has 4 heteroatoms. The van der Waals surface area contributed by atoms with E-state index in [9.17, 15) is 4.79 Å². The van der Waals surface area contributed by atoms with Crippen molar-refractivity contribution in [2.24, 2.45) is 0 Å². The lowest BCUT2D eigenvalue weighted by Gasteiger charge is -2.02. The molecule has 1 heterocycles. The topological polar surface area (TPSA) is 32.9 Å². The van der Waals surface area contributed by atoms with Crippen molar-refractivity contribution in [1.29, 1.82) is 0 Å². The van der Waals surface area contributed by atoms with Gasteiger partial charge in [0.05, 0.1) is 0 Å². The van der Waals surface area contributed by atoms with Gasteiger partial charge >= 0.3 is 0 Å². The molecule has 3 aromatic rings. The molecule has 0 radical (unpaired) electrons. The van der Waals surface area contributed by atoms with Crippen molar-refractivity contribution in [2.45, 2.75) is 0 Å². The lowest BCUT2D eigenvalue weighted by Crippen LogP contribution is -1.92. The highest BCUT2D eigenvalue weighted by atomic mass is 35.5. The fraction of sp³-hybridized carbons (Fsp3) is 0. The van der Waals surface area contributed by atoms with Gasteiger partial charge < -0.3 is 4.98 Å². The lowest BCUT2D eigenvalue weighted by atomic mass is 10.0. The smallest absolute Gasteiger partial charge is 0.233 e. The Balaban J connectivity index is 2.40. The molecule has 1 N–H and O–H groups in total. The zero-order valence-electron chi connectivity index (χ0n) is 9.85. The number of aromatic nitrogens is 1. The fourth-order valence-corrected chi connectivity index (χ4v) is 2.57. The van der Waals surface area contributed by atoms with Gasteiger partial charge in [0.25, 0.3) is 0 Å². The van der Waals surface area contributed by atoms with E-state index in [0.29, 0.717) is 10.7 Å². The van der Waals surface area contributed by atoms with Crippen molar-refractivity contribution >= 4 is 40.2 Å². The van der Waals surface area contributed by atoms with Crippen LogP contribution in [0.25, 0.3) is 22.0 Å². The van der Waals surface area contributed by atoms with Crippen LogP contribution < -0.4 is 0 Å². The Labute approximate surface area is 120 Å². The summed E-state index contributed by atoms with van der Waals surface area (Å²) >= 11 is 9.99. The maximum Gasteiger partial charge on any atom is 0.233 e. The van der Waals surface area contributed by atoms with Gasteiger partial charge in [0.2, 0.25) is 5.12 Å².